The number of amides is 1. The Balaban J connectivity index is 1.92. The summed E-state index contributed by atoms with van der Waals surface area (Å²) >= 11 is 1.54. The molecule has 1 aliphatic rings. The lowest BCUT2D eigenvalue weighted by molar-refractivity contribution is -0.856. The molecule has 0 spiro atoms. The van der Waals surface area contributed by atoms with Crippen molar-refractivity contribution in [1.29, 1.82) is 0 Å². The zero-order valence-electron chi connectivity index (χ0n) is 14.9. The molecule has 0 saturated heterocycles. The van der Waals surface area contributed by atoms with Gasteiger partial charge in [0.25, 0.3) is 5.91 Å². The van der Waals surface area contributed by atoms with Gasteiger partial charge >= 0.3 is 0 Å². The highest BCUT2D eigenvalue weighted by atomic mass is 32.1. The molecule has 0 fully saturated rings. The second-order valence-corrected chi connectivity index (χ2v) is 7.28. The monoisotopic (exact) mass is 362 g/mol. The molecule has 134 valence electrons. The van der Waals surface area contributed by atoms with Gasteiger partial charge < -0.3 is 14.4 Å². The minimum atomic E-state index is -0.198. The van der Waals surface area contributed by atoms with Crippen molar-refractivity contribution in [3.8, 4) is 0 Å². The molecule has 0 unspecified atom stereocenters. The van der Waals surface area contributed by atoms with Gasteiger partial charge in [0.2, 0.25) is 5.76 Å². The lowest BCUT2D eigenvalue weighted by Crippen LogP contribution is -3.06. The third kappa shape index (κ3) is 4.11. The van der Waals surface area contributed by atoms with Crippen LogP contribution in [0, 0.1) is 0 Å². The highest BCUT2D eigenvalue weighted by Crippen LogP contribution is 2.30. The summed E-state index contributed by atoms with van der Waals surface area (Å²) in [6.45, 7) is 4.38. The molecule has 1 aliphatic heterocycles. The molecule has 6 nitrogen and oxygen atoms in total. The fourth-order valence-electron chi connectivity index (χ4n) is 2.53. The van der Waals surface area contributed by atoms with E-state index < -0.39 is 0 Å². The fourth-order valence-corrected chi connectivity index (χ4v) is 3.58. The summed E-state index contributed by atoms with van der Waals surface area (Å²) in [5, 5.41) is 0.699. The molecule has 2 heterocycles. The van der Waals surface area contributed by atoms with Gasteiger partial charge in [-0.2, -0.15) is 0 Å². The number of fused-ring (bicyclic) bond motifs is 1. The minimum absolute atomic E-state index is 0.198. The molecule has 0 bridgehead atoms. The Morgan fingerprint density at radius 2 is 2.20 bits per heavy atom. The van der Waals surface area contributed by atoms with Crippen LogP contribution in [0.3, 0.4) is 0 Å². The summed E-state index contributed by atoms with van der Waals surface area (Å²) in [4.78, 5) is 20.6. The number of thiazole rings is 1. The number of carbonyl (C=O) groups is 1. The Bertz CT molecular complexity index is 785. The average Bonchev–Trinajstić information content (AvgIpc) is 3.04. The second-order valence-electron chi connectivity index (χ2n) is 6.27. The van der Waals surface area contributed by atoms with E-state index >= 15 is 0 Å². The van der Waals surface area contributed by atoms with Crippen molar-refractivity contribution in [3.63, 3.8) is 0 Å². The van der Waals surface area contributed by atoms with Crippen LogP contribution < -0.4 is 9.80 Å². The molecule has 1 N–H and O–H groups in total. The largest absolute Gasteiger partial charge is 0.494 e. The number of carbonyl (C=O) groups excluding carboxylic acids is 1. The van der Waals surface area contributed by atoms with Gasteiger partial charge in [0.15, 0.2) is 5.13 Å². The molecule has 0 aliphatic carbocycles. The van der Waals surface area contributed by atoms with Gasteiger partial charge in [0, 0.05) is 0 Å². The van der Waals surface area contributed by atoms with Crippen molar-refractivity contribution in [3.05, 3.63) is 35.8 Å². The summed E-state index contributed by atoms with van der Waals surface area (Å²) in [7, 11) is 4.13. The first-order chi connectivity index (χ1) is 12.1. The second kappa shape index (κ2) is 7.84. The lowest BCUT2D eigenvalue weighted by Gasteiger charge is -2.23. The van der Waals surface area contributed by atoms with E-state index in [9.17, 15) is 4.79 Å². The first kappa shape index (κ1) is 17.7. The Morgan fingerprint density at radius 1 is 1.36 bits per heavy atom. The summed E-state index contributed by atoms with van der Waals surface area (Å²) in [5.74, 6) is 0.0456. The van der Waals surface area contributed by atoms with E-state index in [1.165, 1.54) is 16.7 Å². The summed E-state index contributed by atoms with van der Waals surface area (Å²) in [6, 6.07) is 6.26. The minimum Gasteiger partial charge on any atom is -0.494 e. The predicted octanol–water partition coefficient (Wildman–Crippen LogP) is 1.22. The van der Waals surface area contributed by atoms with Gasteiger partial charge in [0.1, 0.15) is 19.5 Å². The van der Waals surface area contributed by atoms with Crippen molar-refractivity contribution in [2.45, 2.75) is 13.3 Å². The SMILES string of the molecule is CCc1ccc2nc(N(CC[NH+](C)C)C(=O)C3=COCCO3)sc2c1. The van der Waals surface area contributed by atoms with Crippen molar-refractivity contribution in [2.75, 3.05) is 45.3 Å². The summed E-state index contributed by atoms with van der Waals surface area (Å²) in [5.41, 5.74) is 2.19. The third-order valence-electron chi connectivity index (χ3n) is 4.02. The first-order valence-electron chi connectivity index (χ1n) is 8.53. The number of hydrogen-bond donors (Lipinski definition) is 1. The average molecular weight is 362 g/mol. The molecule has 25 heavy (non-hydrogen) atoms. The van der Waals surface area contributed by atoms with Crippen molar-refractivity contribution in [2.24, 2.45) is 0 Å². The van der Waals surface area contributed by atoms with E-state index in [0.717, 1.165) is 23.2 Å². The Labute approximate surface area is 151 Å². The molecular weight excluding hydrogens is 338 g/mol. The molecule has 0 atom stereocenters. The first-order valence-corrected chi connectivity index (χ1v) is 9.35. The molecule has 2 aromatic rings. The number of quaternary nitrogens is 1. The zero-order chi connectivity index (χ0) is 17.8. The van der Waals surface area contributed by atoms with Gasteiger partial charge in [-0.1, -0.05) is 24.3 Å². The standard InChI is InChI=1S/C18H23N3O3S/c1-4-13-5-6-14-16(11-13)25-18(19-14)21(8-7-20(2)3)17(22)15-12-23-9-10-24-15/h5-6,11-12H,4,7-10H2,1-3H3/p+1. The van der Waals surface area contributed by atoms with Gasteiger partial charge in [-0.05, 0) is 24.1 Å². The Morgan fingerprint density at radius 3 is 2.88 bits per heavy atom. The number of aromatic nitrogens is 1. The Hall–Kier alpha value is -2.12. The highest BCUT2D eigenvalue weighted by Gasteiger charge is 2.26. The predicted molar refractivity (Wildman–Crippen MR) is 99.0 cm³/mol. The molecule has 0 radical (unpaired) electrons. The highest BCUT2D eigenvalue weighted by molar-refractivity contribution is 7.22. The maximum atomic E-state index is 12.9. The van der Waals surface area contributed by atoms with Gasteiger partial charge in [-0.25, -0.2) is 4.98 Å². The van der Waals surface area contributed by atoms with Crippen molar-refractivity contribution < 1.29 is 19.2 Å². The molecule has 1 aromatic carbocycles. The number of rotatable bonds is 6. The quantitative estimate of drug-likeness (QED) is 0.840. The number of nitrogens with zero attached hydrogens (tertiary/aromatic N) is 2. The number of nitrogens with one attached hydrogen (secondary N) is 1. The van der Waals surface area contributed by atoms with Crippen LogP contribution in [0.2, 0.25) is 0 Å². The molecule has 0 saturated carbocycles. The fraction of sp³-hybridized carbons (Fsp3) is 0.444. The molecule has 1 amide bonds. The van der Waals surface area contributed by atoms with Crippen LogP contribution in [-0.4, -0.2) is 51.3 Å². The number of ether oxygens (including phenoxy) is 2. The number of hydrogen-bond acceptors (Lipinski definition) is 5. The molecular formula is C18H24N3O3S+. The smallest absolute Gasteiger partial charge is 0.298 e. The number of anilines is 1. The maximum Gasteiger partial charge on any atom is 0.298 e. The van der Waals surface area contributed by atoms with Gasteiger partial charge in [-0.15, -0.1) is 0 Å². The van der Waals surface area contributed by atoms with Crippen LogP contribution in [0.25, 0.3) is 10.2 Å². The van der Waals surface area contributed by atoms with Gasteiger partial charge in [0.05, 0.1) is 37.4 Å². The maximum absolute atomic E-state index is 12.9. The Kier molecular flexibility index (Phi) is 5.55. The van der Waals surface area contributed by atoms with E-state index in [2.05, 4.69) is 38.1 Å². The van der Waals surface area contributed by atoms with Crippen LogP contribution in [-0.2, 0) is 20.7 Å². The van der Waals surface area contributed by atoms with Crippen LogP contribution in [0.1, 0.15) is 12.5 Å². The third-order valence-corrected chi connectivity index (χ3v) is 5.06. The van der Waals surface area contributed by atoms with Gasteiger partial charge in [-0.3, -0.25) is 9.69 Å². The van der Waals surface area contributed by atoms with E-state index in [1.807, 2.05) is 6.07 Å². The molecule has 7 heteroatoms. The van der Waals surface area contributed by atoms with Crippen LogP contribution >= 0.6 is 11.3 Å². The number of benzene rings is 1. The van der Waals surface area contributed by atoms with E-state index in [4.69, 9.17) is 9.47 Å². The number of likely N-dealkylation sites (N-methyl/N-ethyl adjacent to an activating group) is 1. The number of aryl methyl sites for hydroxylation is 1. The van der Waals surface area contributed by atoms with E-state index in [1.54, 1.807) is 16.2 Å². The summed E-state index contributed by atoms with van der Waals surface area (Å²) < 4.78 is 11.8. The molecule has 3 rings (SSSR count). The molecule has 1 aromatic heterocycles. The van der Waals surface area contributed by atoms with E-state index in [0.29, 0.717) is 24.9 Å². The lowest BCUT2D eigenvalue weighted by atomic mass is 10.2. The van der Waals surface area contributed by atoms with Crippen LogP contribution in [0.5, 0.6) is 0 Å². The van der Waals surface area contributed by atoms with E-state index in [-0.39, 0.29) is 11.7 Å². The van der Waals surface area contributed by atoms with Crippen LogP contribution in [0.15, 0.2) is 30.2 Å². The van der Waals surface area contributed by atoms with Crippen molar-refractivity contribution >= 4 is 32.6 Å². The zero-order valence-corrected chi connectivity index (χ0v) is 15.7. The van der Waals surface area contributed by atoms with Crippen LogP contribution in [0.4, 0.5) is 5.13 Å². The topological polar surface area (TPSA) is 56.1 Å². The summed E-state index contributed by atoms with van der Waals surface area (Å²) in [6.07, 6.45) is 2.39. The normalized spacial score (nSPS) is 14.2. The van der Waals surface area contributed by atoms with Crippen molar-refractivity contribution in [1.82, 2.24) is 4.98 Å².